The van der Waals surface area contributed by atoms with Gasteiger partial charge in [-0.3, -0.25) is 4.79 Å². The van der Waals surface area contributed by atoms with Gasteiger partial charge in [0.25, 0.3) is 0 Å². The van der Waals surface area contributed by atoms with Gasteiger partial charge < -0.3 is 35.9 Å². The SMILES string of the molecule is CC(C)(C)OC(=O)C1CC(C(=O)Nc2ccccc2)C(c2ccccc2)N1c1c(C(=O)O)ccc(CC=O)c1NC(N)=O. The fraction of sp³-hybridized carbons (Fsp3) is 0.281. The van der Waals surface area contributed by atoms with Gasteiger partial charge in [-0.05, 0) is 56.5 Å². The van der Waals surface area contributed by atoms with Gasteiger partial charge in [-0.1, -0.05) is 54.6 Å². The molecule has 1 heterocycles. The molecule has 11 nitrogen and oxygen atoms in total. The number of aldehydes is 1. The number of urea groups is 1. The number of nitrogens with two attached hydrogens (primary N) is 1. The van der Waals surface area contributed by atoms with E-state index in [-0.39, 0.29) is 35.3 Å². The van der Waals surface area contributed by atoms with Crippen LogP contribution in [0.3, 0.4) is 0 Å². The van der Waals surface area contributed by atoms with Crippen LogP contribution in [-0.4, -0.2) is 46.9 Å². The normalized spacial score (nSPS) is 18.0. The highest BCUT2D eigenvalue weighted by atomic mass is 16.6. The second kappa shape index (κ2) is 12.8. The monoisotopic (exact) mass is 586 g/mol. The fourth-order valence-corrected chi connectivity index (χ4v) is 5.39. The Labute approximate surface area is 249 Å². The summed E-state index contributed by atoms with van der Waals surface area (Å²) in [6.07, 6.45) is 0.382. The highest BCUT2D eigenvalue weighted by molar-refractivity contribution is 6.05. The van der Waals surface area contributed by atoms with E-state index >= 15 is 0 Å². The summed E-state index contributed by atoms with van der Waals surface area (Å²) in [5.41, 5.74) is 5.67. The highest BCUT2D eigenvalue weighted by Gasteiger charge is 2.51. The molecule has 0 saturated carbocycles. The molecule has 3 aromatic rings. The Morgan fingerprint density at radius 1 is 0.977 bits per heavy atom. The van der Waals surface area contributed by atoms with E-state index in [4.69, 9.17) is 10.5 Å². The zero-order valence-electron chi connectivity index (χ0n) is 24.1. The lowest BCUT2D eigenvalue weighted by molar-refractivity contribution is -0.156. The largest absolute Gasteiger partial charge is 0.478 e. The summed E-state index contributed by atoms with van der Waals surface area (Å²) in [6.45, 7) is 5.10. The number of amides is 3. The minimum absolute atomic E-state index is 0.0415. The standard InChI is InChI=1S/C32H34N4O7/c1-32(2,3)43-30(41)24-18-23(28(38)34-21-12-8-5-9-13-21)26(20-10-6-4-7-11-20)36(24)27-22(29(39)40)15-14-19(16-17-37)25(27)35-31(33)42/h4-15,17,23-24,26H,16,18H2,1-3H3,(H,34,38)(H,39,40)(H3,33,35,42). The number of ether oxygens (including phenoxy) is 1. The molecular weight excluding hydrogens is 552 g/mol. The zero-order valence-corrected chi connectivity index (χ0v) is 24.1. The van der Waals surface area contributed by atoms with Crippen LogP contribution in [0.15, 0.2) is 72.8 Å². The third-order valence-corrected chi connectivity index (χ3v) is 7.00. The lowest BCUT2D eigenvalue weighted by Crippen LogP contribution is -2.43. The first-order valence-electron chi connectivity index (χ1n) is 13.7. The molecule has 1 saturated heterocycles. The summed E-state index contributed by atoms with van der Waals surface area (Å²) >= 11 is 0. The van der Waals surface area contributed by atoms with E-state index < -0.39 is 47.5 Å². The average Bonchev–Trinajstić information content (AvgIpc) is 3.34. The number of carboxylic acid groups (broad SMARTS) is 1. The number of carbonyl (C=O) groups excluding carboxylic acids is 4. The summed E-state index contributed by atoms with van der Waals surface area (Å²) in [7, 11) is 0. The molecule has 1 fully saturated rings. The minimum Gasteiger partial charge on any atom is -0.478 e. The van der Waals surface area contributed by atoms with Crippen LogP contribution >= 0.6 is 0 Å². The third kappa shape index (κ3) is 7.00. The molecule has 11 heteroatoms. The second-order valence-electron chi connectivity index (χ2n) is 11.2. The maximum Gasteiger partial charge on any atom is 0.337 e. The predicted molar refractivity (Wildman–Crippen MR) is 161 cm³/mol. The molecule has 1 aliphatic heterocycles. The molecule has 224 valence electrons. The van der Waals surface area contributed by atoms with Crippen molar-refractivity contribution in [3.63, 3.8) is 0 Å². The second-order valence-corrected chi connectivity index (χ2v) is 11.2. The Hall–Kier alpha value is -5.19. The minimum atomic E-state index is -1.35. The predicted octanol–water partition coefficient (Wildman–Crippen LogP) is 4.53. The van der Waals surface area contributed by atoms with Crippen molar-refractivity contribution in [2.24, 2.45) is 11.7 Å². The van der Waals surface area contributed by atoms with Crippen molar-refractivity contribution < 1.29 is 33.8 Å². The number of carbonyl (C=O) groups is 5. The molecule has 3 atom stereocenters. The number of hydrogen-bond acceptors (Lipinski definition) is 7. The third-order valence-electron chi connectivity index (χ3n) is 7.00. The van der Waals surface area contributed by atoms with Gasteiger partial charge in [-0.2, -0.15) is 0 Å². The summed E-state index contributed by atoms with van der Waals surface area (Å²) in [4.78, 5) is 65.8. The van der Waals surface area contributed by atoms with E-state index in [9.17, 15) is 29.1 Å². The van der Waals surface area contributed by atoms with Crippen LogP contribution in [0.5, 0.6) is 0 Å². The number of anilines is 3. The first kappa shape index (κ1) is 30.8. The summed E-state index contributed by atoms with van der Waals surface area (Å²) in [5.74, 6) is -3.32. The molecule has 0 aliphatic carbocycles. The van der Waals surface area contributed by atoms with E-state index in [2.05, 4.69) is 10.6 Å². The number of nitrogens with zero attached hydrogens (tertiary/aromatic N) is 1. The number of benzene rings is 3. The molecule has 0 bridgehead atoms. The van der Waals surface area contributed by atoms with Crippen LogP contribution < -0.4 is 21.3 Å². The van der Waals surface area contributed by atoms with Crippen LogP contribution in [0.4, 0.5) is 21.9 Å². The Morgan fingerprint density at radius 3 is 2.16 bits per heavy atom. The van der Waals surface area contributed by atoms with E-state index in [0.29, 0.717) is 17.5 Å². The van der Waals surface area contributed by atoms with Crippen LogP contribution in [-0.2, 0) is 25.5 Å². The molecule has 5 N–H and O–H groups in total. The van der Waals surface area contributed by atoms with Gasteiger partial charge in [0, 0.05) is 12.1 Å². The number of primary amides is 1. The van der Waals surface area contributed by atoms with Crippen LogP contribution in [0, 0.1) is 5.92 Å². The van der Waals surface area contributed by atoms with Gasteiger partial charge in [-0.25, -0.2) is 14.4 Å². The molecular formula is C32H34N4O7. The molecule has 0 radical (unpaired) electrons. The maximum absolute atomic E-state index is 13.9. The molecule has 43 heavy (non-hydrogen) atoms. The van der Waals surface area contributed by atoms with Crippen LogP contribution in [0.25, 0.3) is 0 Å². The van der Waals surface area contributed by atoms with Crippen molar-refractivity contribution in [2.45, 2.75) is 51.3 Å². The van der Waals surface area contributed by atoms with E-state index in [0.717, 1.165) is 0 Å². The van der Waals surface area contributed by atoms with E-state index in [1.165, 1.54) is 17.0 Å². The lowest BCUT2D eigenvalue weighted by atomic mass is 9.91. The number of hydrogen-bond donors (Lipinski definition) is 4. The Bertz CT molecular complexity index is 1520. The van der Waals surface area contributed by atoms with E-state index in [1.54, 1.807) is 75.4 Å². The first-order chi connectivity index (χ1) is 20.4. The van der Waals surface area contributed by atoms with Crippen LogP contribution in [0.2, 0.25) is 0 Å². The quantitative estimate of drug-likeness (QED) is 0.209. The number of nitrogens with one attached hydrogen (secondary N) is 2. The molecule has 1 aliphatic rings. The Morgan fingerprint density at radius 2 is 1.60 bits per heavy atom. The number of aromatic carboxylic acids is 1. The fourth-order valence-electron chi connectivity index (χ4n) is 5.39. The van der Waals surface area contributed by atoms with Crippen molar-refractivity contribution >= 4 is 47.2 Å². The summed E-state index contributed by atoms with van der Waals surface area (Å²) < 4.78 is 5.78. The maximum atomic E-state index is 13.9. The van der Waals surface area contributed by atoms with Gasteiger partial charge >= 0.3 is 18.0 Å². The number of carboxylic acids is 1. The van der Waals surface area contributed by atoms with Crippen molar-refractivity contribution in [1.29, 1.82) is 0 Å². The molecule has 0 aromatic heterocycles. The van der Waals surface area contributed by atoms with Gasteiger partial charge in [0.15, 0.2) is 0 Å². The Kier molecular flexibility index (Phi) is 9.13. The highest BCUT2D eigenvalue weighted by Crippen LogP contribution is 2.49. The molecule has 4 rings (SSSR count). The smallest absolute Gasteiger partial charge is 0.337 e. The molecule has 3 aromatic carbocycles. The summed E-state index contributed by atoms with van der Waals surface area (Å²) in [6, 6.07) is 17.3. The number of para-hydroxylation sites is 1. The summed E-state index contributed by atoms with van der Waals surface area (Å²) in [5, 5.41) is 15.7. The van der Waals surface area contributed by atoms with Gasteiger partial charge in [0.05, 0.1) is 28.9 Å². The van der Waals surface area contributed by atoms with Gasteiger partial charge in [0.1, 0.15) is 17.9 Å². The van der Waals surface area contributed by atoms with Crippen molar-refractivity contribution in [2.75, 3.05) is 15.5 Å². The van der Waals surface area contributed by atoms with Crippen molar-refractivity contribution in [3.05, 3.63) is 89.5 Å². The molecule has 3 amide bonds. The Balaban J connectivity index is 2.01. The number of esters is 1. The topological polar surface area (TPSA) is 168 Å². The van der Waals surface area contributed by atoms with Gasteiger partial charge in [-0.15, -0.1) is 0 Å². The van der Waals surface area contributed by atoms with Crippen molar-refractivity contribution in [1.82, 2.24) is 0 Å². The number of rotatable bonds is 9. The van der Waals surface area contributed by atoms with E-state index in [1.807, 2.05) is 6.07 Å². The zero-order chi connectivity index (χ0) is 31.3. The lowest BCUT2D eigenvalue weighted by Gasteiger charge is -2.36. The molecule has 0 spiro atoms. The average molecular weight is 587 g/mol. The molecule has 3 unspecified atom stereocenters. The van der Waals surface area contributed by atoms with Crippen LogP contribution in [0.1, 0.15) is 54.7 Å². The first-order valence-corrected chi connectivity index (χ1v) is 13.7. The van der Waals surface area contributed by atoms with Gasteiger partial charge in [0.2, 0.25) is 5.91 Å². The van der Waals surface area contributed by atoms with Crippen molar-refractivity contribution in [3.8, 4) is 0 Å².